The summed E-state index contributed by atoms with van der Waals surface area (Å²) in [4.78, 5) is 29.0. The molecule has 0 bridgehead atoms. The third-order valence-corrected chi connectivity index (χ3v) is 5.17. The molecule has 26 heavy (non-hydrogen) atoms. The predicted molar refractivity (Wildman–Crippen MR) is 103 cm³/mol. The van der Waals surface area contributed by atoms with E-state index in [2.05, 4.69) is 24.1 Å². The molecule has 0 radical (unpaired) electrons. The van der Waals surface area contributed by atoms with E-state index in [-0.39, 0.29) is 30.6 Å². The third-order valence-electron chi connectivity index (χ3n) is 4.92. The average Bonchev–Trinajstić information content (AvgIpc) is 2.67. The third kappa shape index (κ3) is 4.51. The van der Waals surface area contributed by atoms with Crippen molar-refractivity contribution in [1.29, 1.82) is 0 Å². The zero-order valence-corrected chi connectivity index (χ0v) is 15.7. The maximum Gasteiger partial charge on any atom is 0.223 e. The largest absolute Gasteiger partial charge is 0.339 e. The summed E-state index contributed by atoms with van der Waals surface area (Å²) in [6.45, 7) is 2.19. The van der Waals surface area contributed by atoms with Gasteiger partial charge < -0.3 is 4.90 Å². The molecule has 5 heteroatoms. The second-order valence-electron chi connectivity index (χ2n) is 6.68. The SMILES string of the molecule is CN1CCN(C(=O)CCC(=O)c2ccc(Cl)cc2)CC1c1ccccc1. The van der Waals surface area contributed by atoms with Gasteiger partial charge in [-0.05, 0) is 36.9 Å². The lowest BCUT2D eigenvalue weighted by Crippen LogP contribution is -2.49. The van der Waals surface area contributed by atoms with E-state index in [9.17, 15) is 9.59 Å². The van der Waals surface area contributed by atoms with Gasteiger partial charge in [0.25, 0.3) is 0 Å². The minimum absolute atomic E-state index is 0.0243. The van der Waals surface area contributed by atoms with Gasteiger partial charge in [0.1, 0.15) is 0 Å². The number of amides is 1. The van der Waals surface area contributed by atoms with E-state index >= 15 is 0 Å². The van der Waals surface area contributed by atoms with Gasteiger partial charge in [0.15, 0.2) is 5.78 Å². The summed E-state index contributed by atoms with van der Waals surface area (Å²) in [6.07, 6.45) is 0.468. The van der Waals surface area contributed by atoms with Gasteiger partial charge in [0.2, 0.25) is 5.91 Å². The molecule has 1 amide bonds. The minimum Gasteiger partial charge on any atom is -0.339 e. The van der Waals surface area contributed by atoms with Crippen LogP contribution in [0.1, 0.15) is 34.8 Å². The van der Waals surface area contributed by atoms with E-state index in [0.717, 1.165) is 6.54 Å². The van der Waals surface area contributed by atoms with Gasteiger partial charge >= 0.3 is 0 Å². The number of halogens is 1. The Balaban J connectivity index is 1.57. The van der Waals surface area contributed by atoms with Gasteiger partial charge in [-0.25, -0.2) is 0 Å². The average molecular weight is 371 g/mol. The number of ketones is 1. The Morgan fingerprint density at radius 1 is 1.00 bits per heavy atom. The van der Waals surface area contributed by atoms with Crippen molar-refractivity contribution in [3.8, 4) is 0 Å². The molecule has 0 N–H and O–H groups in total. The predicted octanol–water partition coefficient (Wildman–Crippen LogP) is 3.82. The molecule has 1 unspecified atom stereocenters. The summed E-state index contributed by atoms with van der Waals surface area (Å²) in [7, 11) is 2.09. The second-order valence-corrected chi connectivity index (χ2v) is 7.11. The van der Waals surface area contributed by atoms with Crippen LogP contribution in [0.3, 0.4) is 0 Å². The number of hydrogen-bond donors (Lipinski definition) is 0. The monoisotopic (exact) mass is 370 g/mol. The molecule has 2 aromatic carbocycles. The zero-order chi connectivity index (χ0) is 18.5. The van der Waals surface area contributed by atoms with Crippen LogP contribution < -0.4 is 0 Å². The highest BCUT2D eigenvalue weighted by Crippen LogP contribution is 2.24. The molecule has 1 atom stereocenters. The molecular formula is C21H23ClN2O2. The number of Topliss-reactive ketones (excluding diaryl/α,β-unsaturated/α-hetero) is 1. The van der Waals surface area contributed by atoms with Crippen LogP contribution in [-0.2, 0) is 4.79 Å². The Morgan fingerprint density at radius 2 is 1.69 bits per heavy atom. The minimum atomic E-state index is -0.0243. The number of piperazine rings is 1. The lowest BCUT2D eigenvalue weighted by molar-refractivity contribution is -0.134. The van der Waals surface area contributed by atoms with Gasteiger partial charge in [0.05, 0.1) is 6.04 Å². The molecule has 136 valence electrons. The van der Waals surface area contributed by atoms with E-state index in [1.165, 1.54) is 5.56 Å². The quantitative estimate of drug-likeness (QED) is 0.751. The molecular weight excluding hydrogens is 348 g/mol. The molecule has 4 nitrogen and oxygen atoms in total. The van der Waals surface area contributed by atoms with Gasteiger partial charge in [-0.15, -0.1) is 0 Å². The zero-order valence-electron chi connectivity index (χ0n) is 14.9. The summed E-state index contributed by atoms with van der Waals surface area (Å²) < 4.78 is 0. The second kappa shape index (κ2) is 8.47. The van der Waals surface area contributed by atoms with E-state index in [1.807, 2.05) is 23.1 Å². The summed E-state index contributed by atoms with van der Waals surface area (Å²) in [5.74, 6) is 0.0186. The molecule has 0 spiro atoms. The van der Waals surface area contributed by atoms with Crippen molar-refractivity contribution < 1.29 is 9.59 Å². The topological polar surface area (TPSA) is 40.6 Å². The maximum atomic E-state index is 12.6. The Bertz CT molecular complexity index is 761. The van der Waals surface area contributed by atoms with Crippen molar-refractivity contribution in [3.05, 3.63) is 70.7 Å². The molecule has 1 aliphatic heterocycles. The van der Waals surface area contributed by atoms with Gasteiger partial charge in [-0.3, -0.25) is 14.5 Å². The van der Waals surface area contributed by atoms with Crippen molar-refractivity contribution >= 4 is 23.3 Å². The number of benzene rings is 2. The summed E-state index contributed by atoms with van der Waals surface area (Å²) >= 11 is 5.85. The van der Waals surface area contributed by atoms with Crippen LogP contribution in [0.4, 0.5) is 0 Å². The summed E-state index contributed by atoms with van der Waals surface area (Å²) in [5.41, 5.74) is 1.81. The van der Waals surface area contributed by atoms with Crippen molar-refractivity contribution in [2.24, 2.45) is 0 Å². The number of carbonyl (C=O) groups excluding carboxylic acids is 2. The fraction of sp³-hybridized carbons (Fsp3) is 0.333. The van der Waals surface area contributed by atoms with Crippen molar-refractivity contribution in [2.75, 3.05) is 26.7 Å². The van der Waals surface area contributed by atoms with E-state index < -0.39 is 0 Å². The molecule has 3 rings (SSSR count). The molecule has 1 heterocycles. The van der Waals surface area contributed by atoms with Crippen LogP contribution in [-0.4, -0.2) is 48.2 Å². The number of carbonyl (C=O) groups is 2. The van der Waals surface area contributed by atoms with Gasteiger partial charge in [0, 0.05) is 43.1 Å². The molecule has 1 saturated heterocycles. The van der Waals surface area contributed by atoms with E-state index in [4.69, 9.17) is 11.6 Å². The summed E-state index contributed by atoms with van der Waals surface area (Å²) in [6, 6.07) is 17.2. The fourth-order valence-corrected chi connectivity index (χ4v) is 3.42. The lowest BCUT2D eigenvalue weighted by Gasteiger charge is -2.39. The Morgan fingerprint density at radius 3 is 2.38 bits per heavy atom. The van der Waals surface area contributed by atoms with Gasteiger partial charge in [-0.2, -0.15) is 0 Å². The standard InChI is InChI=1S/C21H23ClN2O2/c1-23-13-14-24(15-19(23)16-5-3-2-4-6-16)21(26)12-11-20(25)17-7-9-18(22)10-8-17/h2-10,19H,11-15H2,1H3. The molecule has 1 fully saturated rings. The number of hydrogen-bond acceptors (Lipinski definition) is 3. The highest BCUT2D eigenvalue weighted by Gasteiger charge is 2.28. The number of likely N-dealkylation sites (N-methyl/N-ethyl adjacent to an activating group) is 1. The van der Waals surface area contributed by atoms with Crippen molar-refractivity contribution in [3.63, 3.8) is 0 Å². The number of rotatable bonds is 5. The van der Waals surface area contributed by atoms with Crippen LogP contribution in [0.2, 0.25) is 5.02 Å². The van der Waals surface area contributed by atoms with Crippen molar-refractivity contribution in [1.82, 2.24) is 9.80 Å². The Hall–Kier alpha value is -2.17. The van der Waals surface area contributed by atoms with Crippen LogP contribution in [0.5, 0.6) is 0 Å². The number of nitrogens with zero attached hydrogens (tertiary/aromatic N) is 2. The molecule has 0 aromatic heterocycles. The first-order chi connectivity index (χ1) is 12.5. The lowest BCUT2D eigenvalue weighted by atomic mass is 10.0. The first-order valence-corrected chi connectivity index (χ1v) is 9.24. The van der Waals surface area contributed by atoms with Crippen LogP contribution in [0.15, 0.2) is 54.6 Å². The van der Waals surface area contributed by atoms with Crippen LogP contribution in [0.25, 0.3) is 0 Å². The molecule has 2 aromatic rings. The molecule has 1 aliphatic rings. The fourth-order valence-electron chi connectivity index (χ4n) is 3.29. The van der Waals surface area contributed by atoms with Crippen molar-refractivity contribution in [2.45, 2.75) is 18.9 Å². The Kier molecular flexibility index (Phi) is 6.07. The maximum absolute atomic E-state index is 12.6. The first-order valence-electron chi connectivity index (χ1n) is 8.86. The van der Waals surface area contributed by atoms with Gasteiger partial charge in [-0.1, -0.05) is 41.9 Å². The Labute approximate surface area is 159 Å². The smallest absolute Gasteiger partial charge is 0.223 e. The first kappa shape index (κ1) is 18.6. The normalized spacial score (nSPS) is 17.9. The van der Waals surface area contributed by atoms with Crippen LogP contribution >= 0.6 is 11.6 Å². The highest BCUT2D eigenvalue weighted by molar-refractivity contribution is 6.30. The summed E-state index contributed by atoms with van der Waals surface area (Å²) in [5, 5.41) is 0.599. The van der Waals surface area contributed by atoms with Crippen LogP contribution in [0, 0.1) is 0 Å². The highest BCUT2D eigenvalue weighted by atomic mass is 35.5. The molecule has 0 aliphatic carbocycles. The van der Waals surface area contributed by atoms with E-state index in [1.54, 1.807) is 24.3 Å². The van der Waals surface area contributed by atoms with E-state index in [0.29, 0.717) is 23.7 Å². The molecule has 0 saturated carbocycles.